The highest BCUT2D eigenvalue weighted by Crippen LogP contribution is 2.29. The van der Waals surface area contributed by atoms with Gasteiger partial charge >= 0.3 is 12.1 Å². The van der Waals surface area contributed by atoms with E-state index < -0.39 is 68.6 Å². The van der Waals surface area contributed by atoms with Crippen molar-refractivity contribution in [1.29, 1.82) is 0 Å². The van der Waals surface area contributed by atoms with E-state index in [0.717, 1.165) is 23.8 Å². The Bertz CT molecular complexity index is 1620. The number of pyridine rings is 1. The van der Waals surface area contributed by atoms with Crippen LogP contribution in [0.5, 0.6) is 0 Å². The summed E-state index contributed by atoms with van der Waals surface area (Å²) in [6.07, 6.45) is -0.168. The number of amides is 1. The van der Waals surface area contributed by atoms with Crippen LogP contribution < -0.4 is 10.7 Å². The second-order valence-electron chi connectivity index (χ2n) is 8.12. The van der Waals surface area contributed by atoms with Crippen molar-refractivity contribution in [3.8, 4) is 5.69 Å². The highest BCUT2D eigenvalue weighted by molar-refractivity contribution is 5.95. The van der Waals surface area contributed by atoms with E-state index in [1.807, 2.05) is 0 Å². The summed E-state index contributed by atoms with van der Waals surface area (Å²) >= 11 is 0. The summed E-state index contributed by atoms with van der Waals surface area (Å²) in [6.45, 7) is 2.39. The van der Waals surface area contributed by atoms with Gasteiger partial charge in [0.05, 0.1) is 28.9 Å². The van der Waals surface area contributed by atoms with Gasteiger partial charge in [-0.25, -0.2) is 27.2 Å². The molecule has 0 radical (unpaired) electrons. The molecule has 0 bridgehead atoms. The minimum absolute atomic E-state index is 0.100. The molecule has 196 valence electrons. The van der Waals surface area contributed by atoms with Gasteiger partial charge < -0.3 is 14.0 Å². The molecule has 1 heterocycles. The lowest BCUT2D eigenvalue weighted by molar-refractivity contribution is 0.0524. The lowest BCUT2D eigenvalue weighted by Crippen LogP contribution is -2.22. The van der Waals surface area contributed by atoms with Crippen molar-refractivity contribution in [2.75, 3.05) is 11.9 Å². The van der Waals surface area contributed by atoms with Crippen LogP contribution in [0.1, 0.15) is 28.4 Å². The Morgan fingerprint density at radius 1 is 0.947 bits per heavy atom. The summed E-state index contributed by atoms with van der Waals surface area (Å²) in [5.74, 6) is -6.09. The number of halogens is 4. The Hall–Kier alpha value is -4.67. The quantitative estimate of drug-likeness (QED) is 0.253. The number of fused-ring (bicyclic) bond motifs is 1. The van der Waals surface area contributed by atoms with E-state index in [2.05, 4.69) is 5.32 Å². The molecule has 1 aromatic heterocycles. The number of aromatic nitrogens is 1. The number of benzene rings is 3. The average molecular weight is 528 g/mol. The second-order valence-corrected chi connectivity index (χ2v) is 8.12. The van der Waals surface area contributed by atoms with Crippen molar-refractivity contribution in [2.24, 2.45) is 0 Å². The zero-order valence-electron chi connectivity index (χ0n) is 20.1. The van der Waals surface area contributed by atoms with E-state index in [4.69, 9.17) is 9.47 Å². The molecule has 7 nitrogen and oxygen atoms in total. The minimum atomic E-state index is -1.34. The number of hydrogen-bond acceptors (Lipinski definition) is 5. The summed E-state index contributed by atoms with van der Waals surface area (Å²) in [5.41, 5.74) is -2.60. The molecule has 0 atom stereocenters. The van der Waals surface area contributed by atoms with Gasteiger partial charge in [0.15, 0.2) is 11.6 Å². The molecule has 0 aliphatic heterocycles. The van der Waals surface area contributed by atoms with Crippen LogP contribution in [0.2, 0.25) is 0 Å². The molecule has 0 saturated heterocycles. The maximum Gasteiger partial charge on any atom is 0.412 e. The number of aryl methyl sites for hydroxylation is 1. The molecule has 3 aromatic carbocycles. The Labute approximate surface area is 213 Å². The van der Waals surface area contributed by atoms with E-state index in [1.54, 1.807) is 30.3 Å². The number of carbonyl (C=O) groups is 2. The first-order chi connectivity index (χ1) is 18.1. The van der Waals surface area contributed by atoms with E-state index >= 15 is 4.39 Å². The summed E-state index contributed by atoms with van der Waals surface area (Å²) in [6, 6.07) is 10.6. The summed E-state index contributed by atoms with van der Waals surface area (Å²) in [7, 11) is 0. The lowest BCUT2D eigenvalue weighted by Gasteiger charge is -2.17. The highest BCUT2D eigenvalue weighted by atomic mass is 19.2. The fourth-order valence-corrected chi connectivity index (χ4v) is 3.85. The lowest BCUT2D eigenvalue weighted by atomic mass is 10.0. The van der Waals surface area contributed by atoms with Crippen LogP contribution in [-0.2, 0) is 16.1 Å². The van der Waals surface area contributed by atoms with Gasteiger partial charge in [-0.1, -0.05) is 30.3 Å². The predicted molar refractivity (Wildman–Crippen MR) is 130 cm³/mol. The number of nitrogens with zero attached hydrogens (tertiary/aromatic N) is 1. The molecular formula is C27H20F4N2O5. The molecule has 0 spiro atoms. The third-order valence-corrected chi connectivity index (χ3v) is 5.66. The fraction of sp³-hybridized carbons (Fsp3) is 0.148. The van der Waals surface area contributed by atoms with Crippen LogP contribution in [-0.4, -0.2) is 23.2 Å². The molecule has 0 fully saturated rings. The van der Waals surface area contributed by atoms with Crippen molar-refractivity contribution in [3.63, 3.8) is 0 Å². The molecular weight excluding hydrogens is 508 g/mol. The average Bonchev–Trinajstić information content (AvgIpc) is 2.89. The number of ether oxygens (including phenoxy) is 2. The fourth-order valence-electron chi connectivity index (χ4n) is 3.85. The number of esters is 1. The van der Waals surface area contributed by atoms with E-state index in [9.17, 15) is 27.6 Å². The number of nitrogens with one attached hydrogen (secondary N) is 1. The zero-order chi connectivity index (χ0) is 27.6. The summed E-state index contributed by atoms with van der Waals surface area (Å²) < 4.78 is 69.2. The highest BCUT2D eigenvalue weighted by Gasteiger charge is 2.24. The molecule has 1 amide bonds. The first kappa shape index (κ1) is 26.4. The molecule has 4 rings (SSSR count). The van der Waals surface area contributed by atoms with Crippen LogP contribution in [0.4, 0.5) is 28.0 Å². The number of anilines is 1. The monoisotopic (exact) mass is 528 g/mol. The van der Waals surface area contributed by atoms with Crippen molar-refractivity contribution < 1.29 is 36.6 Å². The van der Waals surface area contributed by atoms with E-state index in [1.165, 1.54) is 6.92 Å². The van der Waals surface area contributed by atoms with Crippen LogP contribution in [0.25, 0.3) is 16.6 Å². The van der Waals surface area contributed by atoms with Gasteiger partial charge in [-0.3, -0.25) is 10.1 Å². The first-order valence-corrected chi connectivity index (χ1v) is 11.3. The Balaban J connectivity index is 1.83. The number of carbonyl (C=O) groups excluding carboxylic acids is 2. The van der Waals surface area contributed by atoms with Gasteiger partial charge in [0.1, 0.15) is 23.8 Å². The van der Waals surface area contributed by atoms with E-state index in [-0.39, 0.29) is 18.7 Å². The predicted octanol–water partition coefficient (Wildman–Crippen LogP) is 5.78. The van der Waals surface area contributed by atoms with Crippen LogP contribution in [0, 0.1) is 30.2 Å². The van der Waals surface area contributed by atoms with Gasteiger partial charge in [0.25, 0.3) is 0 Å². The van der Waals surface area contributed by atoms with Crippen molar-refractivity contribution in [2.45, 2.75) is 20.5 Å². The Morgan fingerprint density at radius 2 is 1.66 bits per heavy atom. The smallest absolute Gasteiger partial charge is 0.412 e. The third kappa shape index (κ3) is 5.08. The van der Waals surface area contributed by atoms with Gasteiger partial charge in [-0.2, -0.15) is 0 Å². The maximum absolute atomic E-state index is 15.0. The standard InChI is InChI=1S/C27H20F4N2O5/c1-3-37-26(35)16-12-33(22-10-19(30)24(31)14(2)23(22)25(16)34)21-11-20(17(28)9-18(21)29)32-27(36)38-13-15-7-5-4-6-8-15/h4-12H,3,13H2,1-2H3,(H,32,36). The van der Waals surface area contributed by atoms with Gasteiger partial charge in [0.2, 0.25) is 5.43 Å². The Kier molecular flexibility index (Phi) is 7.47. The molecule has 0 unspecified atom stereocenters. The maximum atomic E-state index is 15.0. The minimum Gasteiger partial charge on any atom is -0.462 e. The van der Waals surface area contributed by atoms with Gasteiger partial charge in [0, 0.05) is 23.9 Å². The van der Waals surface area contributed by atoms with Crippen molar-refractivity contribution >= 4 is 28.7 Å². The number of hydrogen-bond donors (Lipinski definition) is 1. The number of rotatable bonds is 6. The molecule has 38 heavy (non-hydrogen) atoms. The normalized spacial score (nSPS) is 10.9. The van der Waals surface area contributed by atoms with Gasteiger partial charge in [-0.15, -0.1) is 0 Å². The van der Waals surface area contributed by atoms with Crippen molar-refractivity contribution in [1.82, 2.24) is 4.57 Å². The Morgan fingerprint density at radius 3 is 2.34 bits per heavy atom. The molecule has 11 heteroatoms. The molecule has 1 N–H and O–H groups in total. The van der Waals surface area contributed by atoms with Crippen molar-refractivity contribution in [3.05, 3.63) is 105 Å². The molecule has 4 aromatic rings. The molecule has 0 aliphatic rings. The van der Waals surface area contributed by atoms with Crippen LogP contribution >= 0.6 is 0 Å². The topological polar surface area (TPSA) is 86.6 Å². The third-order valence-electron chi connectivity index (χ3n) is 5.66. The molecule has 0 saturated carbocycles. The van der Waals surface area contributed by atoms with Crippen LogP contribution in [0.3, 0.4) is 0 Å². The van der Waals surface area contributed by atoms with E-state index in [0.29, 0.717) is 17.7 Å². The summed E-state index contributed by atoms with van der Waals surface area (Å²) in [5, 5.41) is 1.76. The summed E-state index contributed by atoms with van der Waals surface area (Å²) in [4.78, 5) is 37.8. The van der Waals surface area contributed by atoms with Gasteiger partial charge in [-0.05, 0) is 25.5 Å². The second kappa shape index (κ2) is 10.8. The zero-order valence-corrected chi connectivity index (χ0v) is 20.1. The molecule has 0 aliphatic carbocycles. The van der Waals surface area contributed by atoms with Crippen LogP contribution in [0.15, 0.2) is 59.5 Å². The first-order valence-electron chi connectivity index (χ1n) is 11.3. The largest absolute Gasteiger partial charge is 0.462 e. The SMILES string of the molecule is CCOC(=O)c1cn(-c2cc(NC(=O)OCc3ccccc3)c(F)cc2F)c2cc(F)c(F)c(C)c2c1=O.